The fourth-order valence-electron chi connectivity index (χ4n) is 4.62. The van der Waals surface area contributed by atoms with Crippen molar-refractivity contribution >= 4 is 72.8 Å². The summed E-state index contributed by atoms with van der Waals surface area (Å²) in [4.78, 5) is 30.4. The van der Waals surface area contributed by atoms with Crippen LogP contribution in [0.15, 0.2) is 63.0 Å². The number of benzene rings is 2. The first kappa shape index (κ1) is 24.4. The fourth-order valence-corrected chi connectivity index (χ4v) is 9.58. The molecule has 0 atom stereocenters. The van der Waals surface area contributed by atoms with Crippen molar-refractivity contribution in [3.63, 3.8) is 0 Å². The van der Waals surface area contributed by atoms with Gasteiger partial charge in [-0.25, -0.2) is 0 Å². The lowest BCUT2D eigenvalue weighted by Gasteiger charge is -2.11. The fraction of sp³-hybridized carbons (Fsp3) is 0.222. The number of aryl methyl sites for hydroxylation is 1. The van der Waals surface area contributed by atoms with Crippen LogP contribution in [0.5, 0.6) is 0 Å². The Balaban J connectivity index is 1.65. The molecule has 6 rings (SSSR count). The minimum absolute atomic E-state index is 0.0399. The Hall–Kier alpha value is -2.92. The lowest BCUT2D eigenvalue weighted by molar-refractivity contribution is -0.642. The molecule has 4 heterocycles. The number of anilines is 1. The van der Waals surface area contributed by atoms with Gasteiger partial charge in [-0.15, -0.1) is 22.7 Å². The molecule has 37 heavy (non-hydrogen) atoms. The average Bonchev–Trinajstić information content (AvgIpc) is 3.61. The van der Waals surface area contributed by atoms with Crippen LogP contribution in [-0.4, -0.2) is 16.2 Å². The van der Waals surface area contributed by atoms with E-state index in [-0.39, 0.29) is 11.1 Å². The van der Waals surface area contributed by atoms with Gasteiger partial charge in [0.1, 0.15) is 35.2 Å². The highest BCUT2D eigenvalue weighted by Crippen LogP contribution is 2.45. The molecule has 0 spiro atoms. The van der Waals surface area contributed by atoms with Crippen LogP contribution in [-0.2, 0) is 20.1 Å². The highest BCUT2D eigenvalue weighted by atomic mass is 32.2. The summed E-state index contributed by atoms with van der Waals surface area (Å²) in [5.74, 6) is 0. The Morgan fingerprint density at radius 3 is 2.30 bits per heavy atom. The highest BCUT2D eigenvalue weighted by Gasteiger charge is 2.24. The quantitative estimate of drug-likeness (QED) is 0.314. The molecule has 1 aliphatic rings. The van der Waals surface area contributed by atoms with Crippen molar-refractivity contribution < 1.29 is 4.57 Å². The summed E-state index contributed by atoms with van der Waals surface area (Å²) >= 11 is 6.22. The largest absolute Gasteiger partial charge is 0.337 e. The summed E-state index contributed by atoms with van der Waals surface area (Å²) < 4.78 is 9.86. The maximum Gasteiger partial charge on any atom is 0.272 e. The van der Waals surface area contributed by atoms with Crippen LogP contribution in [0, 0.1) is 9.20 Å². The summed E-state index contributed by atoms with van der Waals surface area (Å²) in [6.45, 7) is 5.02. The number of thioether (sulfide) groups is 1. The second kappa shape index (κ2) is 9.43. The van der Waals surface area contributed by atoms with E-state index in [9.17, 15) is 9.59 Å². The maximum absolute atomic E-state index is 13.6. The number of hydrogen-bond acceptors (Lipinski definition) is 7. The van der Waals surface area contributed by atoms with Crippen LogP contribution in [0.25, 0.3) is 21.3 Å². The van der Waals surface area contributed by atoms with Gasteiger partial charge in [-0.2, -0.15) is 4.57 Å². The second-order valence-electron chi connectivity index (χ2n) is 8.65. The van der Waals surface area contributed by atoms with Gasteiger partial charge in [0.2, 0.25) is 5.52 Å². The molecule has 0 fully saturated rings. The third kappa shape index (κ3) is 3.85. The summed E-state index contributed by atoms with van der Waals surface area (Å²) in [6.07, 6.45) is 2.10. The molecule has 0 amide bonds. The van der Waals surface area contributed by atoms with Gasteiger partial charge in [0, 0.05) is 31.1 Å². The van der Waals surface area contributed by atoms with Crippen molar-refractivity contribution in [1.82, 2.24) is 9.13 Å². The van der Waals surface area contributed by atoms with E-state index in [1.807, 2.05) is 49.7 Å². The van der Waals surface area contributed by atoms with E-state index in [1.54, 1.807) is 27.7 Å². The molecule has 0 N–H and O–H groups in total. The number of aromatic nitrogens is 3. The van der Waals surface area contributed by atoms with Gasteiger partial charge in [-0.3, -0.25) is 18.7 Å². The predicted octanol–water partition coefficient (Wildman–Crippen LogP) is 3.64. The van der Waals surface area contributed by atoms with Gasteiger partial charge in [-0.05, 0) is 32.0 Å². The zero-order valence-electron chi connectivity index (χ0n) is 20.8. The van der Waals surface area contributed by atoms with Crippen molar-refractivity contribution in [2.75, 3.05) is 11.9 Å². The van der Waals surface area contributed by atoms with Crippen LogP contribution in [0.3, 0.4) is 0 Å². The number of thiazole rings is 3. The first-order chi connectivity index (χ1) is 17.9. The van der Waals surface area contributed by atoms with Crippen LogP contribution in [0.1, 0.15) is 18.9 Å². The van der Waals surface area contributed by atoms with Crippen molar-refractivity contribution in [2.45, 2.75) is 31.8 Å². The summed E-state index contributed by atoms with van der Waals surface area (Å²) in [6, 6.07) is 16.5. The molecular formula is C27H25N4O2S4+. The molecule has 2 aromatic carbocycles. The van der Waals surface area contributed by atoms with E-state index in [4.69, 9.17) is 0 Å². The average molecular weight is 566 g/mol. The lowest BCUT2D eigenvalue weighted by atomic mass is 10.3. The number of rotatable bonds is 3. The van der Waals surface area contributed by atoms with Gasteiger partial charge in [-0.1, -0.05) is 47.4 Å². The Morgan fingerprint density at radius 1 is 0.865 bits per heavy atom. The number of nitrogens with zero attached hydrogens (tertiary/aromatic N) is 4. The molecule has 188 valence electrons. The van der Waals surface area contributed by atoms with Crippen molar-refractivity contribution in [1.29, 1.82) is 0 Å². The number of para-hydroxylation sites is 2. The molecule has 0 bridgehead atoms. The van der Waals surface area contributed by atoms with Gasteiger partial charge < -0.3 is 4.90 Å². The Labute approximate surface area is 229 Å². The van der Waals surface area contributed by atoms with E-state index in [0.717, 1.165) is 29.9 Å². The van der Waals surface area contributed by atoms with Crippen LogP contribution in [0.4, 0.5) is 5.69 Å². The molecule has 6 nitrogen and oxygen atoms in total. The molecule has 0 saturated carbocycles. The van der Waals surface area contributed by atoms with Crippen LogP contribution in [0.2, 0.25) is 0 Å². The number of hydrogen-bond donors (Lipinski definition) is 0. The third-order valence-corrected chi connectivity index (χ3v) is 11.5. The minimum atomic E-state index is -0.0433. The topological polar surface area (TPSA) is 51.1 Å². The predicted molar refractivity (Wildman–Crippen MR) is 156 cm³/mol. The SMILES string of the molecule is CCn1c(=Cc2sc3ccccc3[n+]2C)s/c(=c2/sc(=C3Sc4ccccc4N3C)c(=O)n2CC)c1=O. The summed E-state index contributed by atoms with van der Waals surface area (Å²) in [5, 5.41) is 1.99. The molecule has 5 aromatic rings. The maximum atomic E-state index is 13.6. The van der Waals surface area contributed by atoms with Crippen molar-refractivity contribution in [2.24, 2.45) is 7.05 Å². The van der Waals surface area contributed by atoms with Crippen LogP contribution < -0.4 is 29.8 Å². The molecule has 3 aromatic heterocycles. The Kier molecular flexibility index (Phi) is 6.22. The number of fused-ring (bicyclic) bond motifs is 2. The molecule has 0 radical (unpaired) electrons. The molecule has 0 unspecified atom stereocenters. The molecular weight excluding hydrogens is 541 g/mol. The van der Waals surface area contributed by atoms with E-state index in [0.29, 0.717) is 22.2 Å². The van der Waals surface area contributed by atoms with Crippen LogP contribution >= 0.6 is 45.8 Å². The Morgan fingerprint density at radius 2 is 1.57 bits per heavy atom. The molecule has 0 saturated heterocycles. The zero-order valence-corrected chi connectivity index (χ0v) is 24.1. The van der Waals surface area contributed by atoms with E-state index >= 15 is 0 Å². The molecule has 1 aliphatic heterocycles. The summed E-state index contributed by atoms with van der Waals surface area (Å²) in [5.41, 5.74) is 2.18. The molecule has 10 heteroatoms. The van der Waals surface area contributed by atoms with Gasteiger partial charge in [0.25, 0.3) is 16.1 Å². The highest BCUT2D eigenvalue weighted by molar-refractivity contribution is 8.08. The first-order valence-corrected chi connectivity index (χ1v) is 15.3. The summed E-state index contributed by atoms with van der Waals surface area (Å²) in [7, 11) is 4.05. The van der Waals surface area contributed by atoms with Crippen molar-refractivity contribution in [3.05, 3.63) is 92.6 Å². The van der Waals surface area contributed by atoms with E-state index in [2.05, 4.69) is 46.9 Å². The minimum Gasteiger partial charge on any atom is -0.337 e. The second-order valence-corrected chi connectivity index (χ2v) is 12.8. The van der Waals surface area contributed by atoms with E-state index in [1.165, 1.54) is 32.9 Å². The normalized spacial score (nSPS) is 16.2. The van der Waals surface area contributed by atoms with Gasteiger partial charge in [0.15, 0.2) is 0 Å². The smallest absolute Gasteiger partial charge is 0.272 e. The Bertz CT molecular complexity index is 2030. The monoisotopic (exact) mass is 565 g/mol. The first-order valence-electron chi connectivity index (χ1n) is 12.0. The van der Waals surface area contributed by atoms with Crippen molar-refractivity contribution in [3.8, 4) is 0 Å². The standard InChI is InChI=1S/C27H25N4O2S4/c1-5-30-21(15-20-28(3)16-11-7-9-13-18(16)34-20)36-23(24(30)32)27-31(6-2)25(33)22(37-27)26-29(4)17-12-8-10-14-19(17)35-26/h7-15H,5-6H2,1-4H3/q+1/b26-22?,27-23+. The molecule has 0 aliphatic carbocycles. The lowest BCUT2D eigenvalue weighted by Crippen LogP contribution is -2.31. The van der Waals surface area contributed by atoms with Gasteiger partial charge >= 0.3 is 0 Å². The van der Waals surface area contributed by atoms with Gasteiger partial charge in [0.05, 0.1) is 11.8 Å². The zero-order chi connectivity index (χ0) is 25.8. The third-order valence-electron chi connectivity index (χ3n) is 6.57. The van der Waals surface area contributed by atoms with E-state index < -0.39 is 0 Å².